The predicted molar refractivity (Wildman–Crippen MR) is 164 cm³/mol. The average Bonchev–Trinajstić information content (AvgIpc) is 3.41. The maximum Gasteiger partial charge on any atom is 0.405 e. The Morgan fingerprint density at radius 3 is 2.02 bits per heavy atom. The summed E-state index contributed by atoms with van der Waals surface area (Å²) in [5.41, 5.74) is 0.960. The number of carboxylic acid groups (broad SMARTS) is 1. The summed E-state index contributed by atoms with van der Waals surface area (Å²) in [5.74, 6) is -0.370. The first-order valence-electron chi connectivity index (χ1n) is 14.1. The molecule has 1 heterocycles. The first kappa shape index (κ1) is 30.6. The molecule has 4 rings (SSSR count). The summed E-state index contributed by atoms with van der Waals surface area (Å²) in [7, 11) is -2.67. The van der Waals surface area contributed by atoms with Crippen molar-refractivity contribution in [2.45, 2.75) is 57.7 Å². The molecule has 2 amide bonds. The lowest BCUT2D eigenvalue weighted by molar-refractivity contribution is -0.118. The van der Waals surface area contributed by atoms with E-state index in [0.29, 0.717) is 32.4 Å². The lowest BCUT2D eigenvalue weighted by Gasteiger charge is -2.43. The van der Waals surface area contributed by atoms with E-state index in [-0.39, 0.29) is 11.0 Å². The number of carbonyl (C=O) groups excluding carboxylic acids is 1. The number of tetrazole rings is 1. The first-order valence-corrected chi connectivity index (χ1v) is 16.0. The van der Waals surface area contributed by atoms with Crippen LogP contribution in [0, 0.1) is 0 Å². The maximum absolute atomic E-state index is 13.1. The normalized spacial score (nSPS) is 12.5. The van der Waals surface area contributed by atoms with Crippen LogP contribution < -0.4 is 21.0 Å². The van der Waals surface area contributed by atoms with Gasteiger partial charge in [-0.3, -0.25) is 10.1 Å². The molecule has 1 aromatic heterocycles. The van der Waals surface area contributed by atoms with E-state index in [4.69, 9.17) is 4.43 Å². The van der Waals surface area contributed by atoms with Crippen LogP contribution in [0.25, 0.3) is 0 Å². The Kier molecular flexibility index (Phi) is 10.2. The second-order valence-electron chi connectivity index (χ2n) is 11.1. The molecule has 3 N–H and O–H groups in total. The van der Waals surface area contributed by atoms with Crippen molar-refractivity contribution >= 4 is 36.6 Å². The highest BCUT2D eigenvalue weighted by atomic mass is 28.4. The molecule has 0 fully saturated rings. The van der Waals surface area contributed by atoms with Crippen molar-refractivity contribution in [1.29, 1.82) is 0 Å². The number of unbranched alkanes of at least 4 members (excludes halogenated alkanes) is 1. The third-order valence-electron chi connectivity index (χ3n) is 7.18. The molecule has 0 saturated carbocycles. The van der Waals surface area contributed by atoms with E-state index in [1.807, 2.05) is 66.7 Å². The topological polar surface area (TPSA) is 131 Å². The Labute approximate surface area is 247 Å². The van der Waals surface area contributed by atoms with Crippen molar-refractivity contribution in [2.24, 2.45) is 0 Å². The maximum atomic E-state index is 13.1. The molecule has 0 aliphatic carbocycles. The molecular weight excluding hydrogens is 548 g/mol. The molecule has 0 saturated heterocycles. The molecule has 1 unspecified atom stereocenters. The van der Waals surface area contributed by atoms with Crippen molar-refractivity contribution in [3.63, 3.8) is 0 Å². The van der Waals surface area contributed by atoms with Crippen LogP contribution in [-0.2, 0) is 15.8 Å². The Bertz CT molecular complexity index is 1390. The molecule has 11 heteroatoms. The summed E-state index contributed by atoms with van der Waals surface area (Å²) < 4.78 is 8.38. The van der Waals surface area contributed by atoms with Gasteiger partial charge in [0, 0.05) is 6.61 Å². The summed E-state index contributed by atoms with van der Waals surface area (Å²) >= 11 is 0. The smallest absolute Gasteiger partial charge is 0.405 e. The quantitative estimate of drug-likeness (QED) is 0.159. The van der Waals surface area contributed by atoms with Crippen molar-refractivity contribution in [1.82, 2.24) is 25.5 Å². The highest BCUT2D eigenvalue weighted by Crippen LogP contribution is 2.36. The SMILES string of the molecule is CC(C)(C)[Si](OCCCCC(NC(=O)O)C(=O)Nc1nnnn1Cc1ccccc1)(c1ccccc1)c1ccccc1. The minimum Gasteiger partial charge on any atom is -0.465 e. The van der Waals surface area contributed by atoms with Gasteiger partial charge >= 0.3 is 6.09 Å². The van der Waals surface area contributed by atoms with E-state index in [1.54, 1.807) is 0 Å². The summed E-state index contributed by atoms with van der Waals surface area (Å²) in [6, 6.07) is 29.4. The Morgan fingerprint density at radius 2 is 1.48 bits per heavy atom. The van der Waals surface area contributed by atoms with Crippen LogP contribution in [0.2, 0.25) is 5.04 Å². The standard InChI is InChI=1S/C31H38N6O4Si/c1-31(2,3)42(25-17-9-5-10-18-25,26-19-11-6-12-20-26)41-22-14-13-21-27(32-30(39)40)28(38)33-29-34-35-36-37(29)23-24-15-7-4-8-16-24/h4-12,15-20,27,32H,13-14,21-23H2,1-3H3,(H,39,40)(H,33,34,36,38). The first-order chi connectivity index (χ1) is 20.2. The fourth-order valence-electron chi connectivity index (χ4n) is 5.21. The summed E-state index contributed by atoms with van der Waals surface area (Å²) in [6.45, 7) is 7.51. The Morgan fingerprint density at radius 1 is 0.905 bits per heavy atom. The molecule has 0 bridgehead atoms. The fourth-order valence-corrected chi connectivity index (χ4v) is 9.82. The van der Waals surface area contributed by atoms with Gasteiger partial charge in [-0.2, -0.15) is 0 Å². The van der Waals surface area contributed by atoms with E-state index in [1.165, 1.54) is 15.1 Å². The van der Waals surface area contributed by atoms with Crippen LogP contribution in [0.3, 0.4) is 0 Å². The summed E-state index contributed by atoms with van der Waals surface area (Å²) in [6.07, 6.45) is 0.248. The van der Waals surface area contributed by atoms with E-state index in [0.717, 1.165) is 5.56 Å². The van der Waals surface area contributed by atoms with Crippen molar-refractivity contribution in [2.75, 3.05) is 11.9 Å². The number of nitrogens with one attached hydrogen (secondary N) is 2. The predicted octanol–water partition coefficient (Wildman–Crippen LogP) is 4.04. The number of anilines is 1. The average molecular weight is 587 g/mol. The largest absolute Gasteiger partial charge is 0.465 e. The zero-order chi connectivity index (χ0) is 30.0. The van der Waals surface area contributed by atoms with Crippen LogP contribution in [-0.4, -0.2) is 58.3 Å². The minimum absolute atomic E-state index is 0.146. The zero-order valence-corrected chi connectivity index (χ0v) is 25.2. The third kappa shape index (κ3) is 7.48. The number of amides is 2. The van der Waals surface area contributed by atoms with Gasteiger partial charge in [-0.25, -0.2) is 9.48 Å². The molecule has 42 heavy (non-hydrogen) atoms. The number of hydrogen-bond donors (Lipinski definition) is 3. The second kappa shape index (κ2) is 14.0. The van der Waals surface area contributed by atoms with E-state index in [9.17, 15) is 14.7 Å². The van der Waals surface area contributed by atoms with Crippen molar-refractivity contribution in [3.8, 4) is 0 Å². The number of nitrogens with zero attached hydrogens (tertiary/aromatic N) is 4. The highest BCUT2D eigenvalue weighted by molar-refractivity contribution is 6.99. The number of hydrogen-bond acceptors (Lipinski definition) is 6. The molecule has 1 atom stereocenters. The van der Waals surface area contributed by atoms with Crippen LogP contribution in [0.1, 0.15) is 45.6 Å². The molecule has 0 aliphatic rings. The van der Waals surface area contributed by atoms with Crippen molar-refractivity contribution < 1.29 is 19.1 Å². The molecule has 220 valence electrons. The van der Waals surface area contributed by atoms with Gasteiger partial charge in [0.2, 0.25) is 11.9 Å². The lowest BCUT2D eigenvalue weighted by atomic mass is 10.1. The molecule has 3 aromatic carbocycles. The van der Waals surface area contributed by atoms with Gasteiger partial charge in [0.25, 0.3) is 8.32 Å². The van der Waals surface area contributed by atoms with Gasteiger partial charge in [0.05, 0.1) is 6.54 Å². The molecule has 0 radical (unpaired) electrons. The van der Waals surface area contributed by atoms with E-state index in [2.05, 4.69) is 71.2 Å². The van der Waals surface area contributed by atoms with Gasteiger partial charge in [-0.05, 0) is 50.7 Å². The highest BCUT2D eigenvalue weighted by Gasteiger charge is 2.49. The second-order valence-corrected chi connectivity index (χ2v) is 15.5. The van der Waals surface area contributed by atoms with Crippen LogP contribution in [0.5, 0.6) is 0 Å². The van der Waals surface area contributed by atoms with Gasteiger partial charge < -0.3 is 14.8 Å². The lowest BCUT2D eigenvalue weighted by Crippen LogP contribution is -2.66. The fraction of sp³-hybridized carbons (Fsp3) is 0.323. The number of aromatic nitrogens is 4. The van der Waals surface area contributed by atoms with Gasteiger partial charge in [0.1, 0.15) is 6.04 Å². The van der Waals surface area contributed by atoms with Gasteiger partial charge in [-0.1, -0.05) is 117 Å². The summed E-state index contributed by atoms with van der Waals surface area (Å²) in [4.78, 5) is 24.6. The third-order valence-corrected chi connectivity index (χ3v) is 12.2. The van der Waals surface area contributed by atoms with Crippen LogP contribution in [0.4, 0.5) is 10.7 Å². The van der Waals surface area contributed by atoms with E-state index < -0.39 is 26.4 Å². The molecule has 4 aromatic rings. The van der Waals surface area contributed by atoms with Crippen molar-refractivity contribution in [3.05, 3.63) is 96.6 Å². The molecule has 10 nitrogen and oxygen atoms in total. The minimum atomic E-state index is -2.67. The van der Waals surface area contributed by atoms with Crippen LogP contribution >= 0.6 is 0 Å². The van der Waals surface area contributed by atoms with Gasteiger partial charge in [-0.15, -0.1) is 0 Å². The Hall–Kier alpha value is -4.35. The van der Waals surface area contributed by atoms with E-state index >= 15 is 0 Å². The van der Waals surface area contributed by atoms with Gasteiger partial charge in [0.15, 0.2) is 0 Å². The Balaban J connectivity index is 1.41. The monoisotopic (exact) mass is 586 g/mol. The number of rotatable bonds is 13. The molecular formula is C31H38N6O4Si. The zero-order valence-electron chi connectivity index (χ0n) is 24.2. The molecule has 0 spiro atoms. The number of benzene rings is 3. The molecule has 0 aliphatic heterocycles. The van der Waals surface area contributed by atoms with Crippen LogP contribution in [0.15, 0.2) is 91.0 Å². The summed E-state index contributed by atoms with van der Waals surface area (Å²) in [5, 5.41) is 28.2. The number of carbonyl (C=O) groups is 2.